The maximum Gasteiger partial charge on any atom is 0.140 e. The van der Waals surface area contributed by atoms with Gasteiger partial charge >= 0.3 is 0 Å². The molecule has 0 bridgehead atoms. The second-order valence-corrected chi connectivity index (χ2v) is 11.2. The zero-order chi connectivity index (χ0) is 29.3. The molecule has 3 aromatic carbocycles. The number of aliphatic hydroxyl groups excluding tert-OH is 1. The molecule has 0 spiro atoms. The highest BCUT2D eigenvalue weighted by Gasteiger charge is 2.26. The molecule has 0 aromatic heterocycles. The first-order valence-corrected chi connectivity index (χ1v) is 14.4. The monoisotopic (exact) mass is 602 g/mol. The van der Waals surface area contributed by atoms with Crippen molar-refractivity contribution < 1.29 is 14.6 Å². The van der Waals surface area contributed by atoms with E-state index in [1.165, 1.54) is 5.56 Å². The maximum atomic E-state index is 9.93. The lowest BCUT2D eigenvalue weighted by Gasteiger charge is -2.28. The minimum Gasteiger partial charge on any atom is -0.490 e. The van der Waals surface area contributed by atoms with Crippen molar-refractivity contribution in [1.29, 1.82) is 5.26 Å². The van der Waals surface area contributed by atoms with Crippen LogP contribution in [0.15, 0.2) is 69.8 Å². The highest BCUT2D eigenvalue weighted by Crippen LogP contribution is 2.37. The Morgan fingerprint density at radius 1 is 1.00 bits per heavy atom. The van der Waals surface area contributed by atoms with Gasteiger partial charge in [-0.05, 0) is 99.8 Å². The second kappa shape index (κ2) is 14.4. The van der Waals surface area contributed by atoms with Crippen molar-refractivity contribution in [3.8, 4) is 22.9 Å². The minimum atomic E-state index is -0.321. The Morgan fingerprint density at radius 2 is 1.70 bits per heavy atom. The number of aliphatic imine (C=N–C) groups is 1. The predicted molar refractivity (Wildman–Crippen MR) is 168 cm³/mol. The Hall–Kier alpha value is -3.24. The summed E-state index contributed by atoms with van der Waals surface area (Å²) in [5, 5.41) is 18.8. The van der Waals surface area contributed by atoms with Gasteiger partial charge in [0.05, 0.1) is 25.4 Å². The summed E-state index contributed by atoms with van der Waals surface area (Å²) in [6.07, 6.45) is 2.65. The molecule has 40 heavy (non-hydrogen) atoms. The molecule has 0 saturated carbocycles. The van der Waals surface area contributed by atoms with Crippen LogP contribution in [0.1, 0.15) is 68.0 Å². The summed E-state index contributed by atoms with van der Waals surface area (Å²) in [5.41, 5.74) is 9.07. The van der Waals surface area contributed by atoms with Gasteiger partial charge in [0.15, 0.2) is 0 Å². The molecule has 0 radical (unpaired) electrons. The third kappa shape index (κ3) is 7.69. The van der Waals surface area contributed by atoms with Crippen molar-refractivity contribution in [2.75, 3.05) is 26.4 Å². The van der Waals surface area contributed by atoms with E-state index in [2.05, 4.69) is 103 Å². The van der Waals surface area contributed by atoms with E-state index in [0.29, 0.717) is 24.5 Å². The first-order valence-electron chi connectivity index (χ1n) is 13.6. The van der Waals surface area contributed by atoms with E-state index in [1.54, 1.807) is 0 Å². The summed E-state index contributed by atoms with van der Waals surface area (Å²) in [6.45, 7) is 13.5. The molecule has 6 heteroatoms. The van der Waals surface area contributed by atoms with Gasteiger partial charge in [-0.2, -0.15) is 5.26 Å². The first-order chi connectivity index (χ1) is 19.1. The summed E-state index contributed by atoms with van der Waals surface area (Å²) in [5.74, 6) is 0.614. The normalized spacial score (nSPS) is 11.5. The largest absolute Gasteiger partial charge is 0.490 e. The summed E-state index contributed by atoms with van der Waals surface area (Å²) in [6, 6.07) is 21.5. The first kappa shape index (κ1) is 31.3. The quantitative estimate of drug-likeness (QED) is 0.130. The average molecular weight is 604 g/mol. The number of nitriles is 1. The molecule has 0 atom stereocenters. The second-order valence-electron chi connectivity index (χ2n) is 10.5. The Bertz CT molecular complexity index is 1410. The van der Waals surface area contributed by atoms with E-state index in [-0.39, 0.29) is 18.6 Å². The molecule has 0 aliphatic carbocycles. The van der Waals surface area contributed by atoms with Gasteiger partial charge in [0.2, 0.25) is 0 Å². The van der Waals surface area contributed by atoms with Crippen molar-refractivity contribution in [2.24, 2.45) is 4.99 Å². The molecule has 0 fully saturated rings. The molecule has 0 aliphatic heterocycles. The number of halogens is 1. The third-order valence-corrected chi connectivity index (χ3v) is 8.05. The Kier molecular flexibility index (Phi) is 11.3. The number of nitrogens with zero attached hydrogens (tertiary/aromatic N) is 2. The highest BCUT2D eigenvalue weighted by molar-refractivity contribution is 9.11. The van der Waals surface area contributed by atoms with Crippen LogP contribution in [-0.2, 0) is 16.6 Å². The van der Waals surface area contributed by atoms with E-state index in [1.807, 2.05) is 26.1 Å². The minimum absolute atomic E-state index is 0.0238. The van der Waals surface area contributed by atoms with E-state index < -0.39 is 0 Å². The van der Waals surface area contributed by atoms with E-state index in [0.717, 1.165) is 50.0 Å². The van der Waals surface area contributed by atoms with Crippen LogP contribution in [0.4, 0.5) is 0 Å². The van der Waals surface area contributed by atoms with Gasteiger partial charge in [-0.1, -0.05) is 63.2 Å². The Morgan fingerprint density at radius 3 is 2.33 bits per heavy atom. The molecular weight excluding hydrogens is 564 g/mol. The van der Waals surface area contributed by atoms with Gasteiger partial charge in [0.25, 0.3) is 0 Å². The molecule has 3 rings (SSSR count). The number of hydrogen-bond donors (Lipinski definition) is 1. The van der Waals surface area contributed by atoms with Gasteiger partial charge in [0, 0.05) is 11.6 Å². The fraction of sp³-hybridized carbons (Fsp3) is 0.353. The van der Waals surface area contributed by atoms with Crippen LogP contribution in [-0.4, -0.2) is 37.7 Å². The topological polar surface area (TPSA) is 74.8 Å². The van der Waals surface area contributed by atoms with E-state index in [9.17, 15) is 5.26 Å². The lowest BCUT2D eigenvalue weighted by molar-refractivity contribution is 0.0702. The molecule has 0 unspecified atom stereocenters. The van der Waals surface area contributed by atoms with Crippen LogP contribution < -0.4 is 4.74 Å². The molecule has 0 saturated heterocycles. The number of rotatable bonds is 12. The molecule has 0 heterocycles. The van der Waals surface area contributed by atoms with Crippen LogP contribution in [0.3, 0.4) is 0 Å². The molecule has 0 amide bonds. The van der Waals surface area contributed by atoms with Crippen molar-refractivity contribution in [1.82, 2.24) is 0 Å². The van der Waals surface area contributed by atoms with E-state index >= 15 is 0 Å². The number of ether oxygens (including phenoxy) is 2. The van der Waals surface area contributed by atoms with Crippen LogP contribution in [0.25, 0.3) is 11.1 Å². The number of allylic oxidation sites excluding steroid dienone is 1. The van der Waals surface area contributed by atoms with Crippen molar-refractivity contribution in [3.05, 3.63) is 98.2 Å². The third-order valence-electron chi connectivity index (χ3n) is 7.05. The van der Waals surface area contributed by atoms with Gasteiger partial charge in [-0.25, -0.2) is 4.99 Å². The molecule has 0 aliphatic rings. The van der Waals surface area contributed by atoms with Gasteiger partial charge in [-0.15, -0.1) is 0 Å². The number of benzene rings is 3. The van der Waals surface area contributed by atoms with Crippen molar-refractivity contribution >= 4 is 22.1 Å². The summed E-state index contributed by atoms with van der Waals surface area (Å²) < 4.78 is 12.1. The zero-order valence-corrected chi connectivity index (χ0v) is 25.9. The summed E-state index contributed by atoms with van der Waals surface area (Å²) in [4.78, 5) is 4.56. The van der Waals surface area contributed by atoms with Crippen LogP contribution in [0.5, 0.6) is 5.75 Å². The average Bonchev–Trinajstić information content (AvgIpc) is 2.96. The lowest BCUT2D eigenvalue weighted by atomic mass is 9.76. The molecule has 3 aromatic rings. The highest BCUT2D eigenvalue weighted by atomic mass is 79.9. The fourth-order valence-electron chi connectivity index (χ4n) is 4.40. The molecule has 210 valence electrons. The number of aliphatic hydroxyl groups is 1. The van der Waals surface area contributed by atoms with Crippen LogP contribution in [0.2, 0.25) is 0 Å². The predicted octanol–water partition coefficient (Wildman–Crippen LogP) is 7.87. The van der Waals surface area contributed by atoms with Crippen LogP contribution in [0, 0.1) is 18.3 Å². The number of hydrogen-bond acceptors (Lipinski definition) is 5. The summed E-state index contributed by atoms with van der Waals surface area (Å²) in [7, 11) is 0. The standard InChI is InChI=1S/C34H39BrN2O3/c1-7-25-19-31(20-28(21-36)32(25)40-17-16-39-15-14-38)34(5,6)30-12-10-26(11-13-30)27-9-8-24(4)29(18-27)22-37-33(35)23(2)3/h8-13,18-20,22,38H,7,14-17H2,1-6H3/b37-22-. The van der Waals surface area contributed by atoms with Gasteiger partial charge < -0.3 is 14.6 Å². The zero-order valence-electron chi connectivity index (χ0n) is 24.3. The van der Waals surface area contributed by atoms with Gasteiger partial charge in [0.1, 0.15) is 23.0 Å². The molecule has 1 N–H and O–H groups in total. The fourth-order valence-corrected chi connectivity index (χ4v) is 4.50. The number of aryl methyl sites for hydroxylation is 2. The smallest absolute Gasteiger partial charge is 0.140 e. The maximum absolute atomic E-state index is 9.93. The van der Waals surface area contributed by atoms with E-state index in [4.69, 9.17) is 14.6 Å². The Labute approximate surface area is 247 Å². The SMILES string of the molecule is CCc1cc(C(C)(C)c2ccc(-c3ccc(C)c(/C=N\C(Br)=C(C)C)c3)cc2)cc(C#N)c1OCCOCCO. The molecular formula is C34H39BrN2O3. The molecule has 5 nitrogen and oxygen atoms in total. The lowest BCUT2D eigenvalue weighted by Crippen LogP contribution is -2.20. The van der Waals surface area contributed by atoms with Crippen molar-refractivity contribution in [3.63, 3.8) is 0 Å². The summed E-state index contributed by atoms with van der Waals surface area (Å²) >= 11 is 3.52. The van der Waals surface area contributed by atoms with Crippen LogP contribution >= 0.6 is 15.9 Å². The van der Waals surface area contributed by atoms with Crippen molar-refractivity contribution in [2.45, 2.75) is 53.4 Å². The Balaban J connectivity index is 1.89. The van der Waals surface area contributed by atoms with Gasteiger partial charge in [-0.3, -0.25) is 0 Å².